The molecule has 0 aliphatic carbocycles. The first-order valence-corrected chi connectivity index (χ1v) is 6.38. The van der Waals surface area contributed by atoms with Gasteiger partial charge in [0.05, 0.1) is 0 Å². The quantitative estimate of drug-likeness (QED) is 0.720. The highest BCUT2D eigenvalue weighted by Crippen LogP contribution is 2.21. The fraction of sp³-hybridized carbons (Fsp3) is 0.500. The van der Waals surface area contributed by atoms with Crippen LogP contribution in [0.15, 0.2) is 4.34 Å². The lowest BCUT2D eigenvalue weighted by Gasteiger charge is -2.06. The summed E-state index contributed by atoms with van der Waals surface area (Å²) in [7, 11) is 0.629. The normalized spacial score (nSPS) is 11.5. The van der Waals surface area contributed by atoms with E-state index in [2.05, 4.69) is 20.8 Å². The maximum Gasteiger partial charge on any atom is 0.320 e. The van der Waals surface area contributed by atoms with E-state index in [1.54, 1.807) is 0 Å². The van der Waals surface area contributed by atoms with Crippen molar-refractivity contribution in [3.8, 4) is 0 Å². The summed E-state index contributed by atoms with van der Waals surface area (Å²) in [5, 5.41) is 11.8. The largest absolute Gasteiger partial charge is 0.341 e. The first-order chi connectivity index (χ1) is 7.37. The van der Waals surface area contributed by atoms with Crippen LogP contribution in [0.3, 0.4) is 0 Å². The first kappa shape index (κ1) is 12.8. The summed E-state index contributed by atoms with van der Waals surface area (Å²) in [5.74, 6) is 0. The highest BCUT2D eigenvalue weighted by molar-refractivity contribution is 7.91. The Hall–Kier alpha value is -1.26. The monoisotopic (exact) mass is 265 g/mol. The minimum absolute atomic E-state index is 0.125. The van der Waals surface area contributed by atoms with Crippen LogP contribution in [0.4, 0.5) is 9.93 Å². The van der Waals surface area contributed by atoms with Crippen molar-refractivity contribution in [3.05, 3.63) is 0 Å². The third-order valence-corrected chi connectivity index (χ3v) is 4.55. The molecule has 8 nitrogen and oxygen atoms in total. The number of nitrogens with zero attached hydrogens (tertiary/aromatic N) is 3. The number of hydrogen-bond acceptors (Lipinski definition) is 6. The van der Waals surface area contributed by atoms with Crippen LogP contribution in [-0.2, 0) is 10.0 Å². The second-order valence-corrected chi connectivity index (χ2v) is 6.17. The number of urea groups is 1. The molecule has 0 radical (unpaired) electrons. The van der Waals surface area contributed by atoms with Crippen molar-refractivity contribution in [1.29, 1.82) is 0 Å². The average Bonchev–Trinajstić information content (AvgIpc) is 2.66. The highest BCUT2D eigenvalue weighted by Gasteiger charge is 2.23. The van der Waals surface area contributed by atoms with E-state index in [1.807, 2.05) is 0 Å². The van der Waals surface area contributed by atoms with Crippen LogP contribution in [0.5, 0.6) is 0 Å². The van der Waals surface area contributed by atoms with Gasteiger partial charge in [0, 0.05) is 21.1 Å². The Labute approximate surface area is 96.7 Å². The molecule has 1 rings (SSSR count). The van der Waals surface area contributed by atoms with Crippen LogP contribution < -0.4 is 10.6 Å². The average molecular weight is 265 g/mol. The fourth-order valence-corrected chi connectivity index (χ4v) is 2.71. The van der Waals surface area contributed by atoms with Gasteiger partial charge in [-0.2, -0.15) is 0 Å². The third kappa shape index (κ3) is 2.65. The number of aromatic nitrogens is 2. The molecular weight excluding hydrogens is 254 g/mol. The van der Waals surface area contributed by atoms with Crippen molar-refractivity contribution in [2.24, 2.45) is 0 Å². The Balaban J connectivity index is 2.92. The molecule has 16 heavy (non-hydrogen) atoms. The van der Waals surface area contributed by atoms with Gasteiger partial charge >= 0.3 is 6.03 Å². The van der Waals surface area contributed by atoms with E-state index < -0.39 is 16.1 Å². The Morgan fingerprint density at radius 2 is 2.00 bits per heavy atom. The van der Waals surface area contributed by atoms with Crippen LogP contribution >= 0.6 is 11.3 Å². The van der Waals surface area contributed by atoms with Crippen LogP contribution in [0.25, 0.3) is 0 Å². The predicted molar refractivity (Wildman–Crippen MR) is 58.9 cm³/mol. The van der Waals surface area contributed by atoms with Crippen molar-refractivity contribution in [3.63, 3.8) is 0 Å². The Kier molecular flexibility index (Phi) is 3.78. The summed E-state index contributed by atoms with van der Waals surface area (Å²) in [4.78, 5) is 10.9. The van der Waals surface area contributed by atoms with Gasteiger partial charge in [0.2, 0.25) is 9.47 Å². The zero-order valence-electron chi connectivity index (χ0n) is 8.88. The molecule has 0 aliphatic heterocycles. The highest BCUT2D eigenvalue weighted by atomic mass is 32.2. The predicted octanol–water partition coefficient (Wildman–Crippen LogP) is -0.460. The number of rotatable bonds is 3. The molecule has 0 saturated carbocycles. The van der Waals surface area contributed by atoms with E-state index in [-0.39, 0.29) is 9.47 Å². The van der Waals surface area contributed by atoms with Gasteiger partial charge in [-0.15, -0.1) is 10.2 Å². The van der Waals surface area contributed by atoms with Crippen molar-refractivity contribution >= 4 is 32.5 Å². The Bertz CT molecular complexity index is 480. The maximum absolute atomic E-state index is 11.6. The summed E-state index contributed by atoms with van der Waals surface area (Å²) in [6.45, 7) is 0. The van der Waals surface area contributed by atoms with Crippen LogP contribution in [0, 0.1) is 0 Å². The molecular formula is C6H11N5O3S2. The van der Waals surface area contributed by atoms with Gasteiger partial charge in [-0.25, -0.2) is 17.5 Å². The number of amides is 2. The van der Waals surface area contributed by atoms with Crippen molar-refractivity contribution in [2.75, 3.05) is 26.5 Å². The summed E-state index contributed by atoms with van der Waals surface area (Å²) in [6.07, 6.45) is 0. The van der Waals surface area contributed by atoms with Crippen LogP contribution in [0.2, 0.25) is 0 Å². The molecule has 0 saturated heterocycles. The minimum Gasteiger partial charge on any atom is -0.341 e. The van der Waals surface area contributed by atoms with Gasteiger partial charge in [-0.1, -0.05) is 11.3 Å². The standard InChI is InChI=1S/C6H11N5O3S2/c1-7-4(12)8-5-9-10-6(15-5)16(13,14)11(2)3/h1-3H3,(H2,7,8,9,12). The lowest BCUT2D eigenvalue weighted by atomic mass is 10.9. The van der Waals surface area contributed by atoms with Crippen molar-refractivity contribution in [2.45, 2.75) is 4.34 Å². The molecule has 0 atom stereocenters. The van der Waals surface area contributed by atoms with Gasteiger partial charge in [-0.05, 0) is 0 Å². The van der Waals surface area contributed by atoms with Crippen molar-refractivity contribution < 1.29 is 13.2 Å². The number of anilines is 1. The maximum atomic E-state index is 11.6. The molecule has 0 aromatic carbocycles. The SMILES string of the molecule is CNC(=O)Nc1nnc(S(=O)(=O)N(C)C)s1. The smallest absolute Gasteiger partial charge is 0.320 e. The summed E-state index contributed by atoms with van der Waals surface area (Å²) in [5.41, 5.74) is 0. The molecule has 2 amide bonds. The third-order valence-electron chi connectivity index (χ3n) is 1.56. The second kappa shape index (κ2) is 4.72. The molecule has 0 unspecified atom stereocenters. The molecule has 1 aromatic heterocycles. The van der Waals surface area contributed by atoms with Gasteiger partial charge in [0.1, 0.15) is 0 Å². The second-order valence-electron chi connectivity index (χ2n) is 2.86. The molecule has 2 N–H and O–H groups in total. The van der Waals surface area contributed by atoms with Crippen molar-refractivity contribution in [1.82, 2.24) is 19.8 Å². The van der Waals surface area contributed by atoms with Gasteiger partial charge < -0.3 is 5.32 Å². The van der Waals surface area contributed by atoms with E-state index in [9.17, 15) is 13.2 Å². The number of hydrogen-bond donors (Lipinski definition) is 2. The molecule has 0 aliphatic rings. The topological polar surface area (TPSA) is 104 Å². The van der Waals surface area contributed by atoms with Crippen LogP contribution in [-0.4, -0.2) is 50.1 Å². The number of sulfonamides is 1. The molecule has 1 heterocycles. The number of carbonyl (C=O) groups excluding carboxylic acids is 1. The lowest BCUT2D eigenvalue weighted by Crippen LogP contribution is -2.24. The zero-order valence-corrected chi connectivity index (χ0v) is 10.5. The minimum atomic E-state index is -3.59. The van der Waals surface area contributed by atoms with Crippen LogP contribution in [0.1, 0.15) is 0 Å². The fourth-order valence-electron chi connectivity index (χ4n) is 0.680. The van der Waals surface area contributed by atoms with Gasteiger partial charge in [0.15, 0.2) is 0 Å². The molecule has 0 bridgehead atoms. The molecule has 10 heteroatoms. The molecule has 0 spiro atoms. The summed E-state index contributed by atoms with van der Waals surface area (Å²) >= 11 is 0.788. The molecule has 1 aromatic rings. The van der Waals surface area contributed by atoms with E-state index in [0.29, 0.717) is 0 Å². The Morgan fingerprint density at radius 3 is 2.50 bits per heavy atom. The van der Waals surface area contributed by atoms with Gasteiger partial charge in [0.25, 0.3) is 10.0 Å². The van der Waals surface area contributed by atoms with E-state index in [0.717, 1.165) is 15.6 Å². The van der Waals surface area contributed by atoms with E-state index in [4.69, 9.17) is 0 Å². The van der Waals surface area contributed by atoms with E-state index >= 15 is 0 Å². The summed E-state index contributed by atoms with van der Waals surface area (Å²) < 4.78 is 24.1. The molecule has 90 valence electrons. The number of carbonyl (C=O) groups is 1. The van der Waals surface area contributed by atoms with Gasteiger partial charge in [-0.3, -0.25) is 5.32 Å². The first-order valence-electron chi connectivity index (χ1n) is 4.12. The lowest BCUT2D eigenvalue weighted by molar-refractivity contribution is 0.254. The number of nitrogens with one attached hydrogen (secondary N) is 2. The Morgan fingerprint density at radius 1 is 1.38 bits per heavy atom. The summed E-state index contributed by atoms with van der Waals surface area (Å²) in [6, 6.07) is -0.482. The van der Waals surface area contributed by atoms with E-state index in [1.165, 1.54) is 21.1 Å². The molecule has 0 fully saturated rings. The zero-order chi connectivity index (χ0) is 12.3.